The van der Waals surface area contributed by atoms with Crippen LogP contribution >= 0.6 is 0 Å². The highest BCUT2D eigenvalue weighted by Crippen LogP contribution is 2.25. The number of piperazine rings is 1. The summed E-state index contributed by atoms with van der Waals surface area (Å²) in [4.78, 5) is 13.4. The molecule has 1 fully saturated rings. The Bertz CT molecular complexity index is 667. The maximum atomic E-state index is 4.43. The lowest BCUT2D eigenvalue weighted by Crippen LogP contribution is -2.44. The number of hydrogen-bond acceptors (Lipinski definition) is 5. The van der Waals surface area contributed by atoms with Gasteiger partial charge in [-0.2, -0.15) is 0 Å². The second kappa shape index (κ2) is 6.77. The van der Waals surface area contributed by atoms with Crippen molar-refractivity contribution >= 4 is 17.3 Å². The Morgan fingerprint density at radius 1 is 0.958 bits per heavy atom. The van der Waals surface area contributed by atoms with Crippen LogP contribution in [0.1, 0.15) is 26.3 Å². The summed E-state index contributed by atoms with van der Waals surface area (Å²) in [6.07, 6.45) is 1.64. The van der Waals surface area contributed by atoms with E-state index in [1.807, 2.05) is 6.07 Å². The molecule has 128 valence electrons. The van der Waals surface area contributed by atoms with E-state index in [0.29, 0.717) is 0 Å². The average Bonchev–Trinajstić information content (AvgIpc) is 2.55. The molecule has 1 saturated heterocycles. The Hall–Kier alpha value is -2.14. The summed E-state index contributed by atoms with van der Waals surface area (Å²) in [5, 5.41) is 3.38. The lowest BCUT2D eigenvalue weighted by molar-refractivity contribution is 0.312. The molecule has 2 heterocycles. The van der Waals surface area contributed by atoms with Crippen LogP contribution in [-0.2, 0) is 5.41 Å². The zero-order chi connectivity index (χ0) is 17.2. The van der Waals surface area contributed by atoms with Crippen LogP contribution in [0.2, 0.25) is 0 Å². The van der Waals surface area contributed by atoms with Crippen LogP contribution < -0.4 is 10.2 Å². The number of anilines is 3. The van der Waals surface area contributed by atoms with E-state index in [9.17, 15) is 0 Å². The lowest BCUT2D eigenvalue weighted by atomic mass is 9.87. The number of likely N-dealkylation sites (N-methyl/N-ethyl adjacent to an activating group) is 1. The number of aromatic nitrogens is 2. The second-order valence-corrected chi connectivity index (χ2v) is 7.50. The SMILES string of the molecule is CN1CCN(c2cc(Nc3ccc(C(C)(C)C)cc3)ncn2)CC1. The van der Waals surface area contributed by atoms with Gasteiger partial charge >= 0.3 is 0 Å². The van der Waals surface area contributed by atoms with Gasteiger partial charge in [-0.05, 0) is 30.2 Å². The summed E-state index contributed by atoms with van der Waals surface area (Å²) in [6, 6.07) is 10.6. The first-order valence-corrected chi connectivity index (χ1v) is 8.55. The van der Waals surface area contributed by atoms with Gasteiger partial charge in [-0.15, -0.1) is 0 Å². The van der Waals surface area contributed by atoms with Gasteiger partial charge in [0.05, 0.1) is 0 Å². The first-order chi connectivity index (χ1) is 11.4. The van der Waals surface area contributed by atoms with Crippen LogP contribution in [0.3, 0.4) is 0 Å². The Kier molecular flexibility index (Phi) is 4.71. The highest BCUT2D eigenvalue weighted by atomic mass is 15.3. The van der Waals surface area contributed by atoms with Crippen molar-refractivity contribution < 1.29 is 0 Å². The predicted molar refractivity (Wildman–Crippen MR) is 100 cm³/mol. The van der Waals surface area contributed by atoms with E-state index >= 15 is 0 Å². The number of nitrogens with one attached hydrogen (secondary N) is 1. The van der Waals surface area contributed by atoms with Gasteiger partial charge < -0.3 is 15.1 Å². The highest BCUT2D eigenvalue weighted by Gasteiger charge is 2.16. The minimum atomic E-state index is 0.169. The molecular formula is C19H27N5. The largest absolute Gasteiger partial charge is 0.354 e. The van der Waals surface area contributed by atoms with Gasteiger partial charge in [0.2, 0.25) is 0 Å². The predicted octanol–water partition coefficient (Wildman–Crippen LogP) is 3.27. The van der Waals surface area contributed by atoms with Crippen molar-refractivity contribution in [2.75, 3.05) is 43.4 Å². The van der Waals surface area contributed by atoms with Crippen LogP contribution in [0.25, 0.3) is 0 Å². The van der Waals surface area contributed by atoms with Crippen LogP contribution in [0, 0.1) is 0 Å². The van der Waals surface area contributed by atoms with Gasteiger partial charge in [-0.3, -0.25) is 0 Å². The zero-order valence-electron chi connectivity index (χ0n) is 15.1. The van der Waals surface area contributed by atoms with Crippen molar-refractivity contribution in [3.05, 3.63) is 42.2 Å². The fourth-order valence-corrected chi connectivity index (χ4v) is 2.83. The van der Waals surface area contributed by atoms with Crippen molar-refractivity contribution in [3.8, 4) is 0 Å². The fourth-order valence-electron chi connectivity index (χ4n) is 2.83. The van der Waals surface area contributed by atoms with Gasteiger partial charge in [0.15, 0.2) is 0 Å². The van der Waals surface area contributed by atoms with E-state index < -0.39 is 0 Å². The number of benzene rings is 1. The summed E-state index contributed by atoms with van der Waals surface area (Å²) in [6.45, 7) is 10.8. The molecule has 3 rings (SSSR count). The topological polar surface area (TPSA) is 44.3 Å². The van der Waals surface area contributed by atoms with Gasteiger partial charge in [0, 0.05) is 37.9 Å². The van der Waals surface area contributed by atoms with Crippen molar-refractivity contribution in [2.45, 2.75) is 26.2 Å². The maximum Gasteiger partial charge on any atom is 0.135 e. The smallest absolute Gasteiger partial charge is 0.135 e. The standard InChI is InChI=1S/C19H27N5/c1-19(2,3)15-5-7-16(8-6-15)22-17-13-18(21-14-20-17)24-11-9-23(4)10-12-24/h5-8,13-14H,9-12H2,1-4H3,(H,20,21,22). The van der Waals surface area contributed by atoms with Crippen LogP contribution in [-0.4, -0.2) is 48.1 Å². The molecule has 0 bridgehead atoms. The van der Waals surface area contributed by atoms with E-state index in [2.05, 4.69) is 77.2 Å². The monoisotopic (exact) mass is 325 g/mol. The summed E-state index contributed by atoms with van der Waals surface area (Å²) in [7, 11) is 2.16. The molecule has 0 spiro atoms. The Morgan fingerprint density at radius 3 is 2.25 bits per heavy atom. The molecule has 24 heavy (non-hydrogen) atoms. The number of rotatable bonds is 3. The number of nitrogens with zero attached hydrogens (tertiary/aromatic N) is 4. The highest BCUT2D eigenvalue weighted by molar-refractivity contribution is 5.59. The van der Waals surface area contributed by atoms with E-state index in [1.165, 1.54) is 5.56 Å². The maximum absolute atomic E-state index is 4.43. The summed E-state index contributed by atoms with van der Waals surface area (Å²) < 4.78 is 0. The second-order valence-electron chi connectivity index (χ2n) is 7.50. The molecule has 0 saturated carbocycles. The Labute approximate surface area is 144 Å². The molecule has 5 nitrogen and oxygen atoms in total. The summed E-state index contributed by atoms with van der Waals surface area (Å²) >= 11 is 0. The fraction of sp³-hybridized carbons (Fsp3) is 0.474. The van der Waals surface area contributed by atoms with Crippen LogP contribution in [0.4, 0.5) is 17.3 Å². The number of hydrogen-bond donors (Lipinski definition) is 1. The third-order valence-corrected chi connectivity index (χ3v) is 4.50. The lowest BCUT2D eigenvalue weighted by Gasteiger charge is -2.33. The molecule has 0 amide bonds. The minimum Gasteiger partial charge on any atom is -0.354 e. The van der Waals surface area contributed by atoms with Gasteiger partial charge in [0.25, 0.3) is 0 Å². The average molecular weight is 325 g/mol. The van der Waals surface area contributed by atoms with Crippen molar-refractivity contribution in [2.24, 2.45) is 0 Å². The Balaban J connectivity index is 1.70. The molecule has 5 heteroatoms. The third-order valence-electron chi connectivity index (χ3n) is 4.50. The molecule has 0 unspecified atom stereocenters. The zero-order valence-corrected chi connectivity index (χ0v) is 15.1. The van der Waals surface area contributed by atoms with Gasteiger partial charge in [-0.1, -0.05) is 32.9 Å². The van der Waals surface area contributed by atoms with E-state index in [-0.39, 0.29) is 5.41 Å². The summed E-state index contributed by atoms with van der Waals surface area (Å²) in [5.41, 5.74) is 2.54. The molecule has 1 aliphatic heterocycles. The van der Waals surface area contributed by atoms with Crippen molar-refractivity contribution in [1.29, 1.82) is 0 Å². The van der Waals surface area contributed by atoms with E-state index in [4.69, 9.17) is 0 Å². The van der Waals surface area contributed by atoms with Gasteiger partial charge in [-0.25, -0.2) is 9.97 Å². The molecule has 1 N–H and O–H groups in total. The third kappa shape index (κ3) is 4.03. The first-order valence-electron chi connectivity index (χ1n) is 8.55. The first kappa shape index (κ1) is 16.7. The van der Waals surface area contributed by atoms with Crippen LogP contribution in [0.5, 0.6) is 0 Å². The van der Waals surface area contributed by atoms with Crippen molar-refractivity contribution in [1.82, 2.24) is 14.9 Å². The van der Waals surface area contributed by atoms with Gasteiger partial charge in [0.1, 0.15) is 18.0 Å². The molecular weight excluding hydrogens is 298 g/mol. The molecule has 0 radical (unpaired) electrons. The molecule has 1 aliphatic rings. The molecule has 1 aromatic carbocycles. The quantitative estimate of drug-likeness (QED) is 0.938. The van der Waals surface area contributed by atoms with Crippen LogP contribution in [0.15, 0.2) is 36.7 Å². The summed E-state index contributed by atoms with van der Waals surface area (Å²) in [5.74, 6) is 1.83. The normalized spacial score (nSPS) is 16.2. The molecule has 0 atom stereocenters. The van der Waals surface area contributed by atoms with E-state index in [1.54, 1.807) is 6.33 Å². The Morgan fingerprint density at radius 2 is 1.62 bits per heavy atom. The molecule has 0 aliphatic carbocycles. The van der Waals surface area contributed by atoms with Crippen molar-refractivity contribution in [3.63, 3.8) is 0 Å². The molecule has 1 aromatic heterocycles. The minimum absolute atomic E-state index is 0.169. The van der Waals surface area contributed by atoms with E-state index in [0.717, 1.165) is 43.5 Å². The molecule has 2 aromatic rings.